The van der Waals surface area contributed by atoms with Crippen molar-refractivity contribution in [2.24, 2.45) is 4.99 Å². The van der Waals surface area contributed by atoms with Crippen molar-refractivity contribution >= 4 is 46.2 Å². The van der Waals surface area contributed by atoms with Gasteiger partial charge in [-0.25, -0.2) is 4.99 Å². The lowest BCUT2D eigenvalue weighted by Crippen LogP contribution is -2.19. The van der Waals surface area contributed by atoms with Crippen LogP contribution in [0.15, 0.2) is 46.3 Å². The Hall–Kier alpha value is -3.08. The molecule has 0 atom stereocenters. The van der Waals surface area contributed by atoms with Crippen molar-refractivity contribution in [3.8, 4) is 29.6 Å². The van der Waals surface area contributed by atoms with Crippen LogP contribution in [0, 0.1) is 12.3 Å². The first-order valence-corrected chi connectivity index (χ1v) is 10.8. The van der Waals surface area contributed by atoms with Crippen molar-refractivity contribution in [3.63, 3.8) is 0 Å². The maximum absolute atomic E-state index is 12.4. The van der Waals surface area contributed by atoms with E-state index in [1.807, 2.05) is 38.1 Å². The van der Waals surface area contributed by atoms with Crippen LogP contribution in [0.2, 0.25) is 5.02 Å². The van der Waals surface area contributed by atoms with Crippen molar-refractivity contribution in [1.29, 1.82) is 0 Å². The topological polar surface area (TPSA) is 69.2 Å². The molecule has 1 saturated heterocycles. The fourth-order valence-corrected chi connectivity index (χ4v) is 3.84. The molecular formula is C23H21ClN2O4S. The van der Waals surface area contributed by atoms with E-state index in [9.17, 15) is 4.79 Å². The van der Waals surface area contributed by atoms with Crippen LogP contribution in [0.3, 0.4) is 0 Å². The molecule has 0 spiro atoms. The number of thioether (sulfide) groups is 1. The number of aliphatic imine (C=N–C) groups is 1. The molecule has 1 heterocycles. The van der Waals surface area contributed by atoms with E-state index in [2.05, 4.69) is 16.2 Å². The van der Waals surface area contributed by atoms with Gasteiger partial charge < -0.3 is 19.5 Å². The Balaban J connectivity index is 1.82. The Morgan fingerprint density at radius 2 is 1.90 bits per heavy atom. The molecule has 0 unspecified atom stereocenters. The van der Waals surface area contributed by atoms with Crippen molar-refractivity contribution in [1.82, 2.24) is 5.32 Å². The third-order valence-electron chi connectivity index (χ3n) is 3.96. The summed E-state index contributed by atoms with van der Waals surface area (Å²) in [5.74, 6) is 3.77. The second-order valence-corrected chi connectivity index (χ2v) is 7.60. The van der Waals surface area contributed by atoms with Gasteiger partial charge in [0.05, 0.1) is 28.8 Å². The summed E-state index contributed by atoms with van der Waals surface area (Å²) < 4.78 is 16.5. The van der Waals surface area contributed by atoms with Gasteiger partial charge in [-0.3, -0.25) is 4.79 Å². The van der Waals surface area contributed by atoms with E-state index in [1.165, 1.54) is 11.8 Å². The Morgan fingerprint density at radius 3 is 2.58 bits per heavy atom. The van der Waals surface area contributed by atoms with Gasteiger partial charge in [0.2, 0.25) is 0 Å². The summed E-state index contributed by atoms with van der Waals surface area (Å²) in [4.78, 5) is 17.4. The molecular weight excluding hydrogens is 436 g/mol. The molecule has 0 aliphatic carbocycles. The van der Waals surface area contributed by atoms with Gasteiger partial charge in [0.25, 0.3) is 5.91 Å². The van der Waals surface area contributed by atoms with Gasteiger partial charge in [0.1, 0.15) is 12.4 Å². The lowest BCUT2D eigenvalue weighted by molar-refractivity contribution is -0.115. The number of carbonyl (C=O) groups is 1. The van der Waals surface area contributed by atoms with E-state index in [4.69, 9.17) is 32.2 Å². The van der Waals surface area contributed by atoms with E-state index in [1.54, 1.807) is 18.2 Å². The van der Waals surface area contributed by atoms with Crippen molar-refractivity contribution in [2.75, 3.05) is 19.8 Å². The maximum Gasteiger partial charge on any atom is 0.264 e. The van der Waals surface area contributed by atoms with E-state index in [0.29, 0.717) is 51.1 Å². The third-order valence-corrected chi connectivity index (χ3v) is 5.15. The highest BCUT2D eigenvalue weighted by atomic mass is 35.5. The number of amidine groups is 1. The standard InChI is InChI=1S/C23H21ClN2O4S/c1-4-11-30-21-18(24)12-15(13-19(21)29-6-3)14-20-22(27)26-23(31-20)25-16-7-9-17(10-8-16)28-5-2/h1,7-10,12-14H,5-6,11H2,2-3H3,(H,25,26,27)/b20-14+. The number of halogens is 1. The fraction of sp³-hybridized carbons (Fsp3) is 0.217. The molecule has 6 nitrogen and oxygen atoms in total. The van der Waals surface area contributed by atoms with E-state index in [-0.39, 0.29) is 12.5 Å². The molecule has 0 saturated carbocycles. The summed E-state index contributed by atoms with van der Waals surface area (Å²) in [7, 11) is 0. The maximum atomic E-state index is 12.4. The summed E-state index contributed by atoms with van der Waals surface area (Å²) >= 11 is 7.60. The summed E-state index contributed by atoms with van der Waals surface area (Å²) in [5.41, 5.74) is 1.41. The Labute approximate surface area is 190 Å². The normalized spacial score (nSPS) is 15.6. The van der Waals surface area contributed by atoms with Gasteiger partial charge in [0, 0.05) is 0 Å². The van der Waals surface area contributed by atoms with Crippen LogP contribution in [-0.4, -0.2) is 30.9 Å². The summed E-state index contributed by atoms with van der Waals surface area (Å²) in [5, 5.41) is 3.61. The number of rotatable bonds is 8. The smallest absolute Gasteiger partial charge is 0.264 e. The second-order valence-electron chi connectivity index (χ2n) is 6.16. The first kappa shape index (κ1) is 22.6. The predicted molar refractivity (Wildman–Crippen MR) is 125 cm³/mol. The number of terminal acetylenes is 1. The monoisotopic (exact) mass is 456 g/mol. The molecule has 1 amide bonds. The molecule has 0 bridgehead atoms. The SMILES string of the molecule is C#CCOc1c(Cl)cc(/C=C2/SC(=Nc3ccc(OCC)cc3)NC2=O)cc1OCC. The third kappa shape index (κ3) is 5.97. The summed E-state index contributed by atoms with van der Waals surface area (Å²) in [6.07, 6.45) is 6.98. The largest absolute Gasteiger partial charge is 0.494 e. The number of hydrogen-bond donors (Lipinski definition) is 1. The minimum absolute atomic E-state index is 0.0733. The van der Waals surface area contributed by atoms with Crippen LogP contribution in [-0.2, 0) is 4.79 Å². The summed E-state index contributed by atoms with van der Waals surface area (Å²) in [6, 6.07) is 10.8. The van der Waals surface area contributed by atoms with Gasteiger partial charge in [-0.2, -0.15) is 0 Å². The summed E-state index contributed by atoms with van der Waals surface area (Å²) in [6.45, 7) is 4.88. The molecule has 1 N–H and O–H groups in total. The van der Waals surface area contributed by atoms with Crippen LogP contribution < -0.4 is 19.5 Å². The molecule has 1 fully saturated rings. The number of carbonyl (C=O) groups excluding carboxylic acids is 1. The number of ether oxygens (including phenoxy) is 3. The highest BCUT2D eigenvalue weighted by Gasteiger charge is 2.24. The van der Waals surface area contributed by atoms with Crippen LogP contribution in [0.1, 0.15) is 19.4 Å². The van der Waals surface area contributed by atoms with Crippen molar-refractivity contribution in [3.05, 3.63) is 51.9 Å². The number of nitrogens with one attached hydrogen (secondary N) is 1. The first-order valence-electron chi connectivity index (χ1n) is 9.59. The molecule has 8 heteroatoms. The Morgan fingerprint density at radius 1 is 1.16 bits per heavy atom. The quantitative estimate of drug-likeness (QED) is 0.445. The predicted octanol–water partition coefficient (Wildman–Crippen LogP) is 5.04. The molecule has 2 aromatic rings. The number of amides is 1. The Bertz CT molecular complexity index is 1060. The zero-order valence-electron chi connectivity index (χ0n) is 17.1. The van der Waals surface area contributed by atoms with Gasteiger partial charge >= 0.3 is 0 Å². The first-order chi connectivity index (χ1) is 15.0. The van der Waals surface area contributed by atoms with E-state index < -0.39 is 0 Å². The van der Waals surface area contributed by atoms with Crippen molar-refractivity contribution in [2.45, 2.75) is 13.8 Å². The van der Waals surface area contributed by atoms with Crippen LogP contribution in [0.4, 0.5) is 5.69 Å². The molecule has 1 aliphatic heterocycles. The second kappa shape index (κ2) is 10.8. The molecule has 0 radical (unpaired) electrons. The zero-order chi connectivity index (χ0) is 22.2. The number of hydrogen-bond acceptors (Lipinski definition) is 6. The minimum Gasteiger partial charge on any atom is -0.494 e. The zero-order valence-corrected chi connectivity index (χ0v) is 18.7. The molecule has 160 valence electrons. The minimum atomic E-state index is -0.239. The average Bonchev–Trinajstić information content (AvgIpc) is 3.08. The fourth-order valence-electron chi connectivity index (χ4n) is 2.72. The molecule has 2 aromatic carbocycles. The molecule has 31 heavy (non-hydrogen) atoms. The van der Waals surface area contributed by atoms with Crippen LogP contribution in [0.5, 0.6) is 17.2 Å². The Kier molecular flexibility index (Phi) is 7.88. The van der Waals surface area contributed by atoms with Crippen molar-refractivity contribution < 1.29 is 19.0 Å². The highest BCUT2D eigenvalue weighted by molar-refractivity contribution is 8.18. The van der Waals surface area contributed by atoms with Gasteiger partial charge in [-0.1, -0.05) is 17.5 Å². The van der Waals surface area contributed by atoms with Gasteiger partial charge in [-0.15, -0.1) is 6.42 Å². The van der Waals surface area contributed by atoms with Gasteiger partial charge in [0.15, 0.2) is 16.7 Å². The molecule has 0 aromatic heterocycles. The molecule has 1 aliphatic rings. The van der Waals surface area contributed by atoms with Gasteiger partial charge in [-0.05, 0) is 73.6 Å². The number of nitrogens with zero attached hydrogens (tertiary/aromatic N) is 1. The molecule has 3 rings (SSSR count). The van der Waals surface area contributed by atoms with E-state index >= 15 is 0 Å². The highest BCUT2D eigenvalue weighted by Crippen LogP contribution is 2.38. The lowest BCUT2D eigenvalue weighted by Gasteiger charge is -2.13. The van der Waals surface area contributed by atoms with E-state index in [0.717, 1.165) is 5.75 Å². The lowest BCUT2D eigenvalue weighted by atomic mass is 10.2. The average molecular weight is 457 g/mol. The van der Waals surface area contributed by atoms with Crippen LogP contribution >= 0.6 is 23.4 Å². The number of benzene rings is 2. The van der Waals surface area contributed by atoms with Crippen LogP contribution in [0.25, 0.3) is 6.08 Å².